The van der Waals surface area contributed by atoms with Gasteiger partial charge in [-0.1, -0.05) is 6.92 Å². The number of hydrogen-bond donors (Lipinski definition) is 1. The van der Waals surface area contributed by atoms with Crippen LogP contribution in [0.2, 0.25) is 0 Å². The Morgan fingerprint density at radius 2 is 2.16 bits per heavy atom. The second-order valence-electron chi connectivity index (χ2n) is 5.31. The van der Waals surface area contributed by atoms with Gasteiger partial charge in [0, 0.05) is 29.0 Å². The van der Waals surface area contributed by atoms with Gasteiger partial charge in [0.15, 0.2) is 0 Å². The van der Waals surface area contributed by atoms with Gasteiger partial charge in [-0.15, -0.1) is 0 Å². The van der Waals surface area contributed by atoms with Crippen LogP contribution in [0.25, 0.3) is 16.7 Å². The normalized spacial score (nSPS) is 11.3. The zero-order valence-electron chi connectivity index (χ0n) is 13.2. The maximum atomic E-state index is 11.6. The predicted molar refractivity (Wildman–Crippen MR) is 101 cm³/mol. The highest BCUT2D eigenvalue weighted by Crippen LogP contribution is 2.27. The fraction of sp³-hybridized carbons (Fsp3) is 0.125. The van der Waals surface area contributed by atoms with Gasteiger partial charge in [0.05, 0.1) is 24.3 Å². The Balaban J connectivity index is 1.72. The first-order valence-electron chi connectivity index (χ1n) is 7.58. The summed E-state index contributed by atoms with van der Waals surface area (Å²) in [4.78, 5) is 20.3. The van der Waals surface area contributed by atoms with Crippen molar-refractivity contribution >= 4 is 56.2 Å². The lowest BCUT2D eigenvalue weighted by Gasteiger charge is -2.05. The highest BCUT2D eigenvalue weighted by Gasteiger charge is 2.11. The van der Waals surface area contributed by atoms with Crippen LogP contribution in [-0.2, 0) is 4.79 Å². The van der Waals surface area contributed by atoms with Gasteiger partial charge in [-0.3, -0.25) is 14.2 Å². The fourth-order valence-electron chi connectivity index (χ4n) is 2.36. The number of amides is 1. The molecule has 0 aromatic carbocycles. The number of nitrogens with one attached hydrogen (secondary N) is 1. The van der Waals surface area contributed by atoms with Crippen molar-refractivity contribution in [2.45, 2.75) is 18.4 Å². The lowest BCUT2D eigenvalue weighted by Crippen LogP contribution is -2.09. The van der Waals surface area contributed by atoms with E-state index in [0.717, 1.165) is 26.2 Å². The van der Waals surface area contributed by atoms with Gasteiger partial charge in [0.25, 0.3) is 0 Å². The van der Waals surface area contributed by atoms with E-state index in [1.54, 1.807) is 22.7 Å². The van der Waals surface area contributed by atoms with Crippen LogP contribution >= 0.6 is 27.9 Å². The molecule has 4 rings (SSSR count). The van der Waals surface area contributed by atoms with Gasteiger partial charge in [-0.2, -0.15) is 9.19 Å². The maximum absolute atomic E-state index is 11.6. The van der Waals surface area contributed by atoms with E-state index < -0.39 is 0 Å². The largest absolute Gasteiger partial charge is 0.325 e. The summed E-state index contributed by atoms with van der Waals surface area (Å²) in [5.74, 6) is -0.0495. The minimum Gasteiger partial charge on any atom is -0.325 e. The van der Waals surface area contributed by atoms with Crippen LogP contribution in [0.5, 0.6) is 0 Å². The Hall–Kier alpha value is -2.39. The molecule has 1 amide bonds. The van der Waals surface area contributed by atoms with Crippen molar-refractivity contribution < 1.29 is 4.79 Å². The lowest BCUT2D eigenvalue weighted by molar-refractivity contribution is -0.115. The van der Waals surface area contributed by atoms with Crippen LogP contribution in [0, 0.1) is 0 Å². The zero-order chi connectivity index (χ0) is 17.4. The summed E-state index contributed by atoms with van der Waals surface area (Å²) in [5.41, 5.74) is 3.10. The molecule has 0 aliphatic heterocycles. The molecule has 0 radical (unpaired) electrons. The molecule has 4 aromatic heterocycles. The van der Waals surface area contributed by atoms with E-state index in [9.17, 15) is 4.79 Å². The SMILES string of the molecule is CCC(=O)Nc1cnc2cnn(Sc3cnc4ccc(Br)cn34)c2c1. The molecule has 0 fully saturated rings. The molecule has 25 heavy (non-hydrogen) atoms. The second kappa shape index (κ2) is 6.49. The molecule has 0 saturated carbocycles. The molecule has 9 heteroatoms. The minimum atomic E-state index is -0.0495. The number of imidazole rings is 1. The molecule has 0 unspecified atom stereocenters. The summed E-state index contributed by atoms with van der Waals surface area (Å²) in [5, 5.41) is 8.13. The number of rotatable bonds is 4. The molecule has 4 heterocycles. The average molecular weight is 417 g/mol. The van der Waals surface area contributed by atoms with Crippen molar-refractivity contribution in [3.05, 3.63) is 47.5 Å². The maximum Gasteiger partial charge on any atom is 0.224 e. The van der Waals surface area contributed by atoms with Gasteiger partial charge >= 0.3 is 0 Å². The van der Waals surface area contributed by atoms with E-state index in [1.165, 1.54) is 11.9 Å². The topological polar surface area (TPSA) is 77.1 Å². The average Bonchev–Trinajstić information content (AvgIpc) is 3.19. The highest BCUT2D eigenvalue weighted by molar-refractivity contribution is 9.10. The van der Waals surface area contributed by atoms with Crippen molar-refractivity contribution in [1.82, 2.24) is 23.6 Å². The summed E-state index contributed by atoms with van der Waals surface area (Å²) in [6.07, 6.45) is 7.52. The standard InChI is InChI=1S/C16H13BrN6OS/c1-2-15(24)21-11-5-13-12(18-6-11)7-20-23(13)25-16-8-19-14-4-3-10(17)9-22(14)16/h3-9H,2H2,1H3,(H,21,24). The molecule has 126 valence electrons. The Morgan fingerprint density at radius 3 is 3.00 bits per heavy atom. The van der Waals surface area contributed by atoms with Crippen molar-refractivity contribution in [1.29, 1.82) is 0 Å². The number of fused-ring (bicyclic) bond motifs is 2. The van der Waals surface area contributed by atoms with Gasteiger partial charge in [-0.05, 0) is 34.1 Å². The molecule has 0 aliphatic carbocycles. The number of pyridine rings is 2. The molecule has 0 atom stereocenters. The summed E-state index contributed by atoms with van der Waals surface area (Å²) in [6, 6.07) is 5.76. The van der Waals surface area contributed by atoms with Crippen LogP contribution in [-0.4, -0.2) is 29.5 Å². The monoisotopic (exact) mass is 416 g/mol. The number of halogens is 1. The first-order chi connectivity index (χ1) is 12.1. The number of nitrogens with zero attached hydrogens (tertiary/aromatic N) is 5. The quantitative estimate of drug-likeness (QED) is 0.548. The summed E-state index contributed by atoms with van der Waals surface area (Å²) in [7, 11) is 0. The van der Waals surface area contributed by atoms with Gasteiger partial charge in [-0.25, -0.2) is 4.98 Å². The molecule has 7 nitrogen and oxygen atoms in total. The van der Waals surface area contributed by atoms with Gasteiger partial charge in [0.2, 0.25) is 5.91 Å². The van der Waals surface area contributed by atoms with Crippen molar-refractivity contribution in [3.63, 3.8) is 0 Å². The van der Waals surface area contributed by atoms with Crippen LogP contribution in [0.4, 0.5) is 5.69 Å². The number of hydrogen-bond acceptors (Lipinski definition) is 5. The Morgan fingerprint density at radius 1 is 1.28 bits per heavy atom. The van der Waals surface area contributed by atoms with Gasteiger partial charge < -0.3 is 5.32 Å². The van der Waals surface area contributed by atoms with E-state index in [1.807, 2.05) is 35.7 Å². The van der Waals surface area contributed by atoms with Crippen molar-refractivity contribution in [2.24, 2.45) is 0 Å². The molecular formula is C16H13BrN6OS. The van der Waals surface area contributed by atoms with Crippen LogP contribution in [0.15, 0.2) is 52.5 Å². The Kier molecular flexibility index (Phi) is 4.18. The van der Waals surface area contributed by atoms with Crippen molar-refractivity contribution in [2.75, 3.05) is 5.32 Å². The highest BCUT2D eigenvalue weighted by atomic mass is 79.9. The molecule has 0 spiro atoms. The minimum absolute atomic E-state index is 0.0495. The molecular weight excluding hydrogens is 404 g/mol. The first-order valence-corrected chi connectivity index (χ1v) is 9.15. The number of aromatic nitrogens is 5. The molecule has 4 aromatic rings. The predicted octanol–water partition coefficient (Wildman–Crippen LogP) is 3.75. The van der Waals surface area contributed by atoms with E-state index in [2.05, 4.69) is 36.3 Å². The second-order valence-corrected chi connectivity index (χ2v) is 7.17. The number of anilines is 1. The fourth-order valence-corrected chi connectivity index (χ4v) is 3.55. The molecule has 0 aliphatic rings. The molecule has 1 N–H and O–H groups in total. The van der Waals surface area contributed by atoms with E-state index in [0.29, 0.717) is 12.1 Å². The third kappa shape index (κ3) is 3.12. The van der Waals surface area contributed by atoms with Gasteiger partial charge in [0.1, 0.15) is 21.7 Å². The van der Waals surface area contributed by atoms with Crippen LogP contribution in [0.1, 0.15) is 13.3 Å². The first kappa shape index (κ1) is 16.1. The lowest BCUT2D eigenvalue weighted by atomic mass is 10.3. The third-order valence-electron chi connectivity index (χ3n) is 3.61. The smallest absolute Gasteiger partial charge is 0.224 e. The molecule has 0 saturated heterocycles. The summed E-state index contributed by atoms with van der Waals surface area (Å²) >= 11 is 4.91. The van der Waals surface area contributed by atoms with E-state index >= 15 is 0 Å². The summed E-state index contributed by atoms with van der Waals surface area (Å²) in [6.45, 7) is 1.81. The Bertz CT molecular complexity index is 1090. The number of carbonyl (C=O) groups excluding carboxylic acids is 1. The van der Waals surface area contributed by atoms with E-state index in [-0.39, 0.29) is 5.91 Å². The zero-order valence-corrected chi connectivity index (χ0v) is 15.6. The Labute approximate surface area is 155 Å². The number of carbonyl (C=O) groups is 1. The third-order valence-corrected chi connectivity index (χ3v) is 5.03. The van der Waals surface area contributed by atoms with E-state index in [4.69, 9.17) is 0 Å². The molecule has 0 bridgehead atoms. The van der Waals surface area contributed by atoms with Crippen LogP contribution < -0.4 is 5.32 Å². The van der Waals surface area contributed by atoms with Crippen molar-refractivity contribution in [3.8, 4) is 0 Å². The van der Waals surface area contributed by atoms with Crippen LogP contribution in [0.3, 0.4) is 0 Å². The summed E-state index contributed by atoms with van der Waals surface area (Å²) < 4.78 is 4.73.